The van der Waals surface area contributed by atoms with Crippen molar-refractivity contribution in [2.24, 2.45) is 0 Å². The van der Waals surface area contributed by atoms with Crippen molar-refractivity contribution in [1.29, 1.82) is 0 Å². The molecule has 0 bridgehead atoms. The predicted molar refractivity (Wildman–Crippen MR) is 47.8 cm³/mol. The third-order valence-electron chi connectivity index (χ3n) is 1.74. The van der Waals surface area contributed by atoms with E-state index in [0.717, 1.165) is 13.2 Å². The number of hydrogen-bond acceptors (Lipinski definition) is 4. The van der Waals surface area contributed by atoms with Crippen LogP contribution in [0.3, 0.4) is 0 Å². The van der Waals surface area contributed by atoms with Gasteiger partial charge >= 0.3 is 5.97 Å². The Morgan fingerprint density at radius 2 is 2.20 bits per heavy atom. The highest BCUT2D eigenvalue weighted by atomic mass is 19.3. The number of carbonyl (C=O) groups is 1. The number of hydrogen-bond donors (Lipinski definition) is 2. The first kappa shape index (κ1) is 11.2. The number of ether oxygens (including phenoxy) is 1. The average Bonchev–Trinajstić information content (AvgIpc) is 2.14. The number of aromatic amines is 1. The molecule has 0 amide bonds. The smallest absolute Gasteiger partial charge is 0.338 e. The van der Waals surface area contributed by atoms with Gasteiger partial charge in [0, 0.05) is 6.07 Å². The second-order valence-electron chi connectivity index (χ2n) is 2.67. The largest absolute Gasteiger partial charge is 0.465 e. The van der Waals surface area contributed by atoms with Crippen LogP contribution in [-0.2, 0) is 4.74 Å². The van der Waals surface area contributed by atoms with Crippen molar-refractivity contribution in [1.82, 2.24) is 4.98 Å². The number of esters is 1. The van der Waals surface area contributed by atoms with Crippen LogP contribution in [0.2, 0.25) is 0 Å². The number of rotatable bonds is 2. The molecule has 82 valence electrons. The normalized spacial score (nSPS) is 10.4. The van der Waals surface area contributed by atoms with Gasteiger partial charge in [0.15, 0.2) is 0 Å². The van der Waals surface area contributed by atoms with E-state index in [9.17, 15) is 18.4 Å². The second-order valence-corrected chi connectivity index (χ2v) is 2.67. The topological polar surface area (TPSA) is 85.2 Å². The first-order valence-corrected chi connectivity index (χ1v) is 3.86. The van der Waals surface area contributed by atoms with Crippen LogP contribution in [-0.4, -0.2) is 18.1 Å². The maximum atomic E-state index is 12.5. The summed E-state index contributed by atoms with van der Waals surface area (Å²) in [5.41, 5.74) is 3.19. The summed E-state index contributed by atoms with van der Waals surface area (Å²) in [5, 5.41) is 0. The number of pyridine rings is 1. The Balaban J connectivity index is 3.46. The molecular weight excluding hydrogens is 210 g/mol. The maximum Gasteiger partial charge on any atom is 0.338 e. The molecule has 7 heteroatoms. The van der Waals surface area contributed by atoms with E-state index in [2.05, 4.69) is 4.74 Å². The lowest BCUT2D eigenvalue weighted by Gasteiger charge is -2.08. The molecule has 0 unspecified atom stereocenters. The van der Waals surface area contributed by atoms with Crippen LogP contribution >= 0.6 is 0 Å². The zero-order chi connectivity index (χ0) is 11.6. The molecule has 0 radical (unpaired) electrons. The molecule has 0 saturated carbocycles. The molecule has 0 aliphatic carbocycles. The minimum atomic E-state index is -2.96. The lowest BCUT2D eigenvalue weighted by Crippen LogP contribution is -2.17. The zero-order valence-electron chi connectivity index (χ0n) is 7.71. The Morgan fingerprint density at radius 1 is 1.60 bits per heavy atom. The number of nitrogens with two attached hydrogens (primary N) is 1. The summed E-state index contributed by atoms with van der Waals surface area (Å²) in [7, 11) is 1.02. The molecule has 0 atom stereocenters. The van der Waals surface area contributed by atoms with Crippen molar-refractivity contribution in [3.8, 4) is 0 Å². The van der Waals surface area contributed by atoms with Crippen LogP contribution < -0.4 is 11.3 Å². The lowest BCUT2D eigenvalue weighted by atomic mass is 10.1. The summed E-state index contributed by atoms with van der Waals surface area (Å²) in [5.74, 6) is -1.55. The third-order valence-corrected chi connectivity index (χ3v) is 1.74. The fraction of sp³-hybridized carbons (Fsp3) is 0.250. The fourth-order valence-electron chi connectivity index (χ4n) is 1.10. The summed E-state index contributed by atoms with van der Waals surface area (Å²) < 4.78 is 29.3. The van der Waals surface area contributed by atoms with Crippen molar-refractivity contribution >= 4 is 11.8 Å². The van der Waals surface area contributed by atoms with Crippen LogP contribution in [0.25, 0.3) is 0 Å². The summed E-state index contributed by atoms with van der Waals surface area (Å²) in [6, 6.07) is 0.726. The van der Waals surface area contributed by atoms with Gasteiger partial charge in [-0.15, -0.1) is 0 Å². The average molecular weight is 218 g/mol. The Hall–Kier alpha value is -1.92. The molecule has 15 heavy (non-hydrogen) atoms. The molecule has 0 spiro atoms. The number of carbonyl (C=O) groups excluding carboxylic acids is 1. The number of aromatic nitrogens is 1. The minimum Gasteiger partial charge on any atom is -0.465 e. The van der Waals surface area contributed by atoms with Gasteiger partial charge < -0.3 is 15.5 Å². The fourth-order valence-corrected chi connectivity index (χ4v) is 1.10. The van der Waals surface area contributed by atoms with E-state index in [1.165, 1.54) is 0 Å². The highest BCUT2D eigenvalue weighted by Crippen LogP contribution is 2.26. The maximum absolute atomic E-state index is 12.5. The summed E-state index contributed by atoms with van der Waals surface area (Å²) in [4.78, 5) is 24.0. The van der Waals surface area contributed by atoms with E-state index in [1.807, 2.05) is 4.98 Å². The number of halogens is 2. The number of methoxy groups -OCH3 is 1. The quantitative estimate of drug-likeness (QED) is 0.715. The SMILES string of the molecule is COC(=O)c1cc(=O)[nH]c(N)c1C(F)F. The van der Waals surface area contributed by atoms with Gasteiger partial charge in [0.1, 0.15) is 5.82 Å². The molecule has 0 aromatic carbocycles. The van der Waals surface area contributed by atoms with Crippen molar-refractivity contribution in [3.05, 3.63) is 27.5 Å². The molecule has 1 aromatic rings. The molecule has 0 fully saturated rings. The molecular formula is C8H8F2N2O3. The van der Waals surface area contributed by atoms with Crippen molar-refractivity contribution < 1.29 is 18.3 Å². The van der Waals surface area contributed by atoms with E-state index in [1.54, 1.807) is 0 Å². The van der Waals surface area contributed by atoms with Crippen molar-refractivity contribution in [2.75, 3.05) is 12.8 Å². The Kier molecular flexibility index (Phi) is 3.03. The van der Waals surface area contributed by atoms with Gasteiger partial charge in [-0.3, -0.25) is 4.79 Å². The van der Waals surface area contributed by atoms with E-state index >= 15 is 0 Å². The van der Waals surface area contributed by atoms with Gasteiger partial charge in [-0.25, -0.2) is 13.6 Å². The van der Waals surface area contributed by atoms with E-state index in [4.69, 9.17) is 5.73 Å². The van der Waals surface area contributed by atoms with Crippen LogP contribution in [0.4, 0.5) is 14.6 Å². The standard InChI is InChI=1S/C8H8F2N2O3/c1-15-8(14)3-2-4(13)12-7(11)5(3)6(9)10/h2,6H,1H3,(H3,11,12,13). The summed E-state index contributed by atoms with van der Waals surface area (Å²) in [6.07, 6.45) is -2.96. The van der Waals surface area contributed by atoms with Crippen LogP contribution in [0.1, 0.15) is 22.3 Å². The van der Waals surface area contributed by atoms with E-state index in [-0.39, 0.29) is 0 Å². The second kappa shape index (κ2) is 4.07. The molecule has 1 aromatic heterocycles. The van der Waals surface area contributed by atoms with Gasteiger partial charge in [0.2, 0.25) is 5.56 Å². The highest BCUT2D eigenvalue weighted by molar-refractivity contribution is 5.92. The monoisotopic (exact) mass is 218 g/mol. The number of nitrogens with one attached hydrogen (secondary N) is 1. The lowest BCUT2D eigenvalue weighted by molar-refractivity contribution is 0.0589. The Morgan fingerprint density at radius 3 is 2.67 bits per heavy atom. The van der Waals surface area contributed by atoms with Gasteiger partial charge in [0.25, 0.3) is 6.43 Å². The first-order valence-electron chi connectivity index (χ1n) is 3.86. The van der Waals surface area contributed by atoms with E-state index in [0.29, 0.717) is 0 Å². The first-order chi connectivity index (χ1) is 6.97. The molecule has 0 aliphatic heterocycles. The van der Waals surface area contributed by atoms with Gasteiger partial charge in [-0.2, -0.15) is 0 Å². The Bertz CT molecular complexity index is 442. The number of alkyl halides is 2. The molecule has 3 N–H and O–H groups in total. The molecule has 0 saturated heterocycles. The van der Waals surface area contributed by atoms with Crippen LogP contribution in [0, 0.1) is 0 Å². The van der Waals surface area contributed by atoms with Crippen LogP contribution in [0.15, 0.2) is 10.9 Å². The number of H-pyrrole nitrogens is 1. The van der Waals surface area contributed by atoms with Gasteiger partial charge in [-0.05, 0) is 0 Å². The predicted octanol–water partition coefficient (Wildman–Crippen LogP) is 0.681. The van der Waals surface area contributed by atoms with Crippen molar-refractivity contribution in [3.63, 3.8) is 0 Å². The molecule has 1 heterocycles. The number of anilines is 1. The molecule has 5 nitrogen and oxygen atoms in total. The number of nitrogen functional groups attached to an aromatic ring is 1. The third kappa shape index (κ3) is 2.12. The Labute approximate surface area is 82.9 Å². The molecule has 1 rings (SSSR count). The molecule has 0 aliphatic rings. The van der Waals surface area contributed by atoms with Crippen molar-refractivity contribution in [2.45, 2.75) is 6.43 Å². The van der Waals surface area contributed by atoms with Gasteiger partial charge in [-0.1, -0.05) is 0 Å². The summed E-state index contributed by atoms with van der Waals surface area (Å²) >= 11 is 0. The summed E-state index contributed by atoms with van der Waals surface area (Å²) in [6.45, 7) is 0. The van der Waals surface area contributed by atoms with E-state index < -0.39 is 34.9 Å². The minimum absolute atomic E-state index is 0.520. The van der Waals surface area contributed by atoms with Crippen LogP contribution in [0.5, 0.6) is 0 Å². The zero-order valence-corrected chi connectivity index (χ0v) is 7.71. The van der Waals surface area contributed by atoms with Gasteiger partial charge in [0.05, 0.1) is 18.2 Å². The highest BCUT2D eigenvalue weighted by Gasteiger charge is 2.23.